The van der Waals surface area contributed by atoms with Crippen molar-refractivity contribution in [1.29, 1.82) is 0 Å². The van der Waals surface area contributed by atoms with E-state index >= 15 is 0 Å². The Balaban J connectivity index is 1.61. The summed E-state index contributed by atoms with van der Waals surface area (Å²) in [7, 11) is 0. The molecule has 2 heterocycles. The van der Waals surface area contributed by atoms with Gasteiger partial charge in [-0.3, -0.25) is 4.79 Å². The van der Waals surface area contributed by atoms with Crippen molar-refractivity contribution >= 4 is 28.6 Å². The zero-order valence-corrected chi connectivity index (χ0v) is 14.8. The van der Waals surface area contributed by atoms with Crippen molar-refractivity contribution in [1.82, 2.24) is 5.32 Å². The van der Waals surface area contributed by atoms with Crippen LogP contribution >= 0.6 is 22.7 Å². The topological polar surface area (TPSA) is 58.6 Å². The third kappa shape index (κ3) is 4.25. The van der Waals surface area contributed by atoms with E-state index < -0.39 is 5.60 Å². The molecule has 1 atom stereocenters. The summed E-state index contributed by atoms with van der Waals surface area (Å²) >= 11 is 2.91. The Morgan fingerprint density at radius 1 is 1.20 bits per heavy atom. The lowest BCUT2D eigenvalue weighted by Crippen LogP contribution is -2.42. The molecule has 3 rings (SSSR count). The summed E-state index contributed by atoms with van der Waals surface area (Å²) in [6.45, 7) is -0.175. The van der Waals surface area contributed by atoms with Gasteiger partial charge in [-0.25, -0.2) is 4.39 Å². The Morgan fingerprint density at radius 2 is 2.00 bits per heavy atom. The van der Waals surface area contributed by atoms with Crippen LogP contribution in [0.3, 0.4) is 0 Å². The average Bonchev–Trinajstić information content (AvgIpc) is 3.33. The van der Waals surface area contributed by atoms with Gasteiger partial charge in [0.25, 0.3) is 5.91 Å². The number of amides is 1. The number of halogens is 1. The summed E-state index contributed by atoms with van der Waals surface area (Å²) in [5.74, 6) is -0.328. The SMILES string of the molecule is O=C(COc1ccc(F)cc1)NC[C@](O)(c1ccsc1)c1cccs1. The molecule has 2 N–H and O–H groups in total. The third-order valence-corrected chi connectivity index (χ3v) is 5.36. The number of carbonyl (C=O) groups is 1. The Morgan fingerprint density at radius 3 is 2.64 bits per heavy atom. The first-order valence-corrected chi connectivity index (χ1v) is 9.34. The van der Waals surface area contributed by atoms with Gasteiger partial charge in [0.15, 0.2) is 6.61 Å². The summed E-state index contributed by atoms with van der Waals surface area (Å²) in [5.41, 5.74) is -0.542. The first-order chi connectivity index (χ1) is 12.1. The molecule has 3 aromatic rings. The number of ether oxygens (including phenoxy) is 1. The van der Waals surface area contributed by atoms with Gasteiger partial charge in [-0.1, -0.05) is 6.07 Å². The highest BCUT2D eigenvalue weighted by atomic mass is 32.1. The summed E-state index contributed by atoms with van der Waals surface area (Å²) in [5, 5.41) is 19.4. The van der Waals surface area contributed by atoms with Gasteiger partial charge in [0.05, 0.1) is 6.54 Å². The minimum Gasteiger partial charge on any atom is -0.484 e. The summed E-state index contributed by atoms with van der Waals surface area (Å²) in [6.07, 6.45) is 0. The molecule has 0 aliphatic heterocycles. The van der Waals surface area contributed by atoms with E-state index in [0.29, 0.717) is 5.75 Å². The van der Waals surface area contributed by atoms with Crippen LogP contribution in [0.25, 0.3) is 0 Å². The Labute approximate surface area is 152 Å². The monoisotopic (exact) mass is 377 g/mol. The van der Waals surface area contributed by atoms with Crippen LogP contribution < -0.4 is 10.1 Å². The van der Waals surface area contributed by atoms with E-state index in [1.165, 1.54) is 46.9 Å². The van der Waals surface area contributed by atoms with E-state index in [1.54, 1.807) is 0 Å². The van der Waals surface area contributed by atoms with Gasteiger partial charge in [0.1, 0.15) is 17.2 Å². The molecular formula is C18H16FNO3S2. The summed E-state index contributed by atoms with van der Waals surface area (Å²) in [4.78, 5) is 12.8. The second-order valence-corrected chi connectivity index (χ2v) is 7.10. The van der Waals surface area contributed by atoms with Gasteiger partial charge in [-0.15, -0.1) is 11.3 Å². The molecule has 0 aliphatic rings. The second-order valence-electron chi connectivity index (χ2n) is 5.37. The Bertz CT molecular complexity index is 767. The highest BCUT2D eigenvalue weighted by molar-refractivity contribution is 7.10. The van der Waals surface area contributed by atoms with E-state index in [1.807, 2.05) is 34.3 Å². The maximum atomic E-state index is 12.8. The molecule has 0 unspecified atom stereocenters. The van der Waals surface area contributed by atoms with Gasteiger partial charge in [0, 0.05) is 10.4 Å². The Hall–Kier alpha value is -2.22. The number of hydrogen-bond donors (Lipinski definition) is 2. The predicted molar refractivity (Wildman–Crippen MR) is 96.5 cm³/mol. The van der Waals surface area contributed by atoms with Crippen molar-refractivity contribution in [2.45, 2.75) is 5.60 Å². The molecule has 0 aliphatic carbocycles. The number of aliphatic hydroxyl groups is 1. The molecule has 7 heteroatoms. The van der Waals surface area contributed by atoms with Crippen LogP contribution in [0.15, 0.2) is 58.6 Å². The molecule has 0 radical (unpaired) electrons. The number of benzene rings is 1. The molecule has 2 aromatic heterocycles. The molecule has 0 fully saturated rings. The van der Waals surface area contributed by atoms with E-state index in [-0.39, 0.29) is 24.9 Å². The van der Waals surface area contributed by atoms with E-state index in [9.17, 15) is 14.3 Å². The summed E-state index contributed by atoms with van der Waals surface area (Å²) < 4.78 is 18.2. The van der Waals surface area contributed by atoms with E-state index in [4.69, 9.17) is 4.74 Å². The lowest BCUT2D eigenvalue weighted by atomic mass is 9.94. The van der Waals surface area contributed by atoms with Crippen molar-refractivity contribution in [3.05, 3.63) is 74.9 Å². The lowest BCUT2D eigenvalue weighted by Gasteiger charge is -2.27. The van der Waals surface area contributed by atoms with Crippen LogP contribution in [0.4, 0.5) is 4.39 Å². The minimum atomic E-state index is -1.28. The van der Waals surface area contributed by atoms with Crippen LogP contribution in [0, 0.1) is 5.82 Å². The predicted octanol–water partition coefficient (Wildman–Crippen LogP) is 3.38. The van der Waals surface area contributed by atoms with Crippen LogP contribution in [0.1, 0.15) is 10.4 Å². The van der Waals surface area contributed by atoms with Crippen LogP contribution in [-0.4, -0.2) is 24.2 Å². The number of thiophene rings is 2. The number of rotatable bonds is 7. The fourth-order valence-corrected chi connectivity index (χ4v) is 3.87. The smallest absolute Gasteiger partial charge is 0.258 e. The van der Waals surface area contributed by atoms with Crippen LogP contribution in [-0.2, 0) is 10.4 Å². The standard InChI is InChI=1S/C18H16FNO3S2/c19-14-3-5-15(6-4-14)23-10-17(21)20-12-18(22,13-7-9-24-11-13)16-2-1-8-25-16/h1-9,11,22H,10,12H2,(H,20,21)/t18-/m0/s1. The average molecular weight is 377 g/mol. The maximum absolute atomic E-state index is 12.8. The van der Waals surface area contributed by atoms with Gasteiger partial charge in [0.2, 0.25) is 0 Å². The van der Waals surface area contributed by atoms with Crippen LogP contribution in [0.2, 0.25) is 0 Å². The summed E-state index contributed by atoms with van der Waals surface area (Å²) in [6, 6.07) is 11.0. The normalized spacial score (nSPS) is 13.2. The minimum absolute atomic E-state index is 0.0376. The van der Waals surface area contributed by atoms with E-state index in [2.05, 4.69) is 5.32 Å². The van der Waals surface area contributed by atoms with Gasteiger partial charge in [-0.2, -0.15) is 11.3 Å². The van der Waals surface area contributed by atoms with E-state index in [0.717, 1.165) is 10.4 Å². The highest BCUT2D eigenvalue weighted by Gasteiger charge is 2.33. The van der Waals surface area contributed by atoms with Gasteiger partial charge in [-0.05, 0) is 52.5 Å². The largest absolute Gasteiger partial charge is 0.484 e. The zero-order chi connectivity index (χ0) is 17.7. The molecule has 0 spiro atoms. The zero-order valence-electron chi connectivity index (χ0n) is 13.1. The number of carbonyl (C=O) groups excluding carboxylic acids is 1. The van der Waals surface area contributed by atoms with Gasteiger partial charge < -0.3 is 15.2 Å². The fraction of sp³-hybridized carbons (Fsp3) is 0.167. The van der Waals surface area contributed by atoms with Crippen molar-refractivity contribution < 1.29 is 19.0 Å². The fourth-order valence-electron chi connectivity index (χ4n) is 2.30. The number of nitrogens with one attached hydrogen (secondary N) is 1. The lowest BCUT2D eigenvalue weighted by molar-refractivity contribution is -0.124. The molecule has 0 saturated heterocycles. The van der Waals surface area contributed by atoms with Crippen molar-refractivity contribution in [2.24, 2.45) is 0 Å². The molecule has 25 heavy (non-hydrogen) atoms. The van der Waals surface area contributed by atoms with Gasteiger partial charge >= 0.3 is 0 Å². The molecule has 130 valence electrons. The first kappa shape index (κ1) is 17.6. The molecule has 0 saturated carbocycles. The molecular weight excluding hydrogens is 361 g/mol. The quantitative estimate of drug-likeness (QED) is 0.664. The van der Waals surface area contributed by atoms with Crippen LogP contribution in [0.5, 0.6) is 5.75 Å². The maximum Gasteiger partial charge on any atom is 0.258 e. The van der Waals surface area contributed by atoms with Crippen molar-refractivity contribution in [3.63, 3.8) is 0 Å². The second kappa shape index (κ2) is 7.77. The molecule has 1 amide bonds. The van der Waals surface area contributed by atoms with Crippen molar-refractivity contribution in [2.75, 3.05) is 13.2 Å². The highest BCUT2D eigenvalue weighted by Crippen LogP contribution is 2.33. The molecule has 0 bridgehead atoms. The Kier molecular flexibility index (Phi) is 5.47. The number of hydrogen-bond acceptors (Lipinski definition) is 5. The third-order valence-electron chi connectivity index (χ3n) is 3.65. The first-order valence-electron chi connectivity index (χ1n) is 7.52. The molecule has 4 nitrogen and oxygen atoms in total. The van der Waals surface area contributed by atoms with Crippen molar-refractivity contribution in [3.8, 4) is 5.75 Å². The molecule has 1 aromatic carbocycles.